The standard InChI is InChI=1S/C10H23O4P/c1-10(2,3)15(8-13-6-11-4)9-14-7-12-5/h6-9H2,1-5H3. The van der Waals surface area contributed by atoms with Crippen LogP contribution in [0.4, 0.5) is 0 Å². The predicted octanol–water partition coefficient (Wildman–Crippen LogP) is 2.42. The molecule has 0 radical (unpaired) electrons. The summed E-state index contributed by atoms with van der Waals surface area (Å²) in [5.74, 6) is 0. The molecule has 4 nitrogen and oxygen atoms in total. The molecule has 0 saturated heterocycles. The maximum atomic E-state index is 5.39. The minimum Gasteiger partial charge on any atom is -0.359 e. The molecule has 0 aliphatic rings. The van der Waals surface area contributed by atoms with E-state index in [2.05, 4.69) is 20.8 Å². The molecule has 0 rings (SSSR count). The van der Waals surface area contributed by atoms with Crippen LogP contribution in [0.5, 0.6) is 0 Å². The molecule has 0 aliphatic heterocycles. The Hall–Kier alpha value is 0.270. The summed E-state index contributed by atoms with van der Waals surface area (Å²) in [6, 6.07) is 0. The van der Waals surface area contributed by atoms with Crippen LogP contribution < -0.4 is 0 Å². The van der Waals surface area contributed by atoms with Crippen molar-refractivity contribution in [1.29, 1.82) is 0 Å². The molecular weight excluding hydrogens is 215 g/mol. The lowest BCUT2D eigenvalue weighted by Gasteiger charge is -2.30. The fourth-order valence-corrected chi connectivity index (χ4v) is 2.33. The quantitative estimate of drug-likeness (QED) is 0.370. The molecule has 0 heterocycles. The molecule has 0 aromatic rings. The lowest BCUT2D eigenvalue weighted by molar-refractivity contribution is -0.0198. The first-order valence-electron chi connectivity index (χ1n) is 4.90. The molecule has 0 unspecified atom stereocenters. The van der Waals surface area contributed by atoms with Gasteiger partial charge in [-0.15, -0.1) is 0 Å². The molecule has 92 valence electrons. The highest BCUT2D eigenvalue weighted by molar-refractivity contribution is 7.58. The molecule has 0 atom stereocenters. The Balaban J connectivity index is 3.85. The highest BCUT2D eigenvalue weighted by Gasteiger charge is 2.24. The van der Waals surface area contributed by atoms with Crippen molar-refractivity contribution in [2.75, 3.05) is 40.5 Å². The van der Waals surface area contributed by atoms with Gasteiger partial charge in [-0.05, 0) is 13.1 Å². The van der Waals surface area contributed by atoms with Crippen LogP contribution in [0, 0.1) is 0 Å². The van der Waals surface area contributed by atoms with E-state index in [9.17, 15) is 0 Å². The van der Waals surface area contributed by atoms with Gasteiger partial charge in [0.25, 0.3) is 0 Å². The fraction of sp³-hybridized carbons (Fsp3) is 1.00. The summed E-state index contributed by atoms with van der Waals surface area (Å²) in [5.41, 5.74) is 0. The monoisotopic (exact) mass is 238 g/mol. The van der Waals surface area contributed by atoms with Gasteiger partial charge in [0.2, 0.25) is 0 Å². The van der Waals surface area contributed by atoms with Crippen LogP contribution in [0.25, 0.3) is 0 Å². The van der Waals surface area contributed by atoms with Gasteiger partial charge < -0.3 is 18.9 Å². The van der Waals surface area contributed by atoms with Gasteiger partial charge in [-0.3, -0.25) is 0 Å². The van der Waals surface area contributed by atoms with Crippen LogP contribution in [0.15, 0.2) is 0 Å². The Morgan fingerprint density at radius 2 is 1.27 bits per heavy atom. The average molecular weight is 238 g/mol. The third kappa shape index (κ3) is 8.12. The van der Waals surface area contributed by atoms with Gasteiger partial charge in [-0.2, -0.15) is 0 Å². The molecular formula is C10H23O4P. The number of hydrogen-bond donors (Lipinski definition) is 0. The molecule has 0 fully saturated rings. The average Bonchev–Trinajstić information content (AvgIpc) is 2.14. The van der Waals surface area contributed by atoms with Crippen LogP contribution >= 0.6 is 7.92 Å². The van der Waals surface area contributed by atoms with Crippen molar-refractivity contribution >= 4 is 7.92 Å². The summed E-state index contributed by atoms with van der Waals surface area (Å²) in [7, 11) is 2.92. The van der Waals surface area contributed by atoms with E-state index in [1.165, 1.54) is 0 Å². The fourth-order valence-electron chi connectivity index (χ4n) is 0.886. The Labute approximate surface area is 94.0 Å². The van der Waals surface area contributed by atoms with Gasteiger partial charge in [0.05, 0.1) is 12.7 Å². The Kier molecular flexibility index (Phi) is 8.58. The third-order valence-corrected chi connectivity index (χ3v) is 4.73. The molecule has 0 spiro atoms. The molecule has 15 heavy (non-hydrogen) atoms. The summed E-state index contributed by atoms with van der Waals surface area (Å²) in [6.07, 6.45) is 1.41. The van der Waals surface area contributed by atoms with E-state index >= 15 is 0 Å². The minimum atomic E-state index is -0.329. The predicted molar refractivity (Wildman–Crippen MR) is 62.3 cm³/mol. The van der Waals surface area contributed by atoms with E-state index in [-0.39, 0.29) is 13.1 Å². The topological polar surface area (TPSA) is 36.9 Å². The largest absolute Gasteiger partial charge is 0.359 e. The second kappa shape index (κ2) is 8.43. The normalized spacial score (nSPS) is 12.4. The van der Waals surface area contributed by atoms with Crippen molar-refractivity contribution in [3.63, 3.8) is 0 Å². The van der Waals surface area contributed by atoms with Crippen LogP contribution in [0.2, 0.25) is 0 Å². The van der Waals surface area contributed by atoms with Crippen molar-refractivity contribution in [2.24, 2.45) is 0 Å². The van der Waals surface area contributed by atoms with Crippen molar-refractivity contribution < 1.29 is 18.9 Å². The van der Waals surface area contributed by atoms with Gasteiger partial charge >= 0.3 is 0 Å². The highest BCUT2D eigenvalue weighted by atomic mass is 31.1. The lowest BCUT2D eigenvalue weighted by Crippen LogP contribution is -2.18. The maximum Gasteiger partial charge on any atom is 0.146 e. The van der Waals surface area contributed by atoms with E-state index in [1.54, 1.807) is 14.2 Å². The van der Waals surface area contributed by atoms with E-state index in [4.69, 9.17) is 18.9 Å². The SMILES string of the molecule is COCOCP(COCOC)C(C)(C)C. The third-order valence-electron chi connectivity index (χ3n) is 1.85. The number of ether oxygens (including phenoxy) is 4. The zero-order valence-electron chi connectivity index (χ0n) is 10.4. The summed E-state index contributed by atoms with van der Waals surface area (Å²) in [4.78, 5) is 0. The van der Waals surface area contributed by atoms with E-state index in [0.29, 0.717) is 26.3 Å². The minimum absolute atomic E-state index is 0.219. The first-order chi connectivity index (χ1) is 7.02. The number of rotatable bonds is 8. The summed E-state index contributed by atoms with van der Waals surface area (Å²) in [5, 5.41) is 0.219. The maximum absolute atomic E-state index is 5.39. The second-order valence-electron chi connectivity index (χ2n) is 4.19. The van der Waals surface area contributed by atoms with Gasteiger partial charge in [-0.25, -0.2) is 0 Å². The Morgan fingerprint density at radius 1 is 0.867 bits per heavy atom. The molecule has 5 heteroatoms. The summed E-state index contributed by atoms with van der Waals surface area (Å²) in [6.45, 7) is 7.29. The molecule has 0 saturated carbocycles. The van der Waals surface area contributed by atoms with E-state index in [0.717, 1.165) is 0 Å². The van der Waals surface area contributed by atoms with E-state index in [1.807, 2.05) is 0 Å². The molecule has 0 aromatic carbocycles. The van der Waals surface area contributed by atoms with Gasteiger partial charge in [0, 0.05) is 14.2 Å². The van der Waals surface area contributed by atoms with Crippen molar-refractivity contribution in [3.05, 3.63) is 0 Å². The first kappa shape index (κ1) is 15.3. The molecule has 0 amide bonds. The number of hydrogen-bond acceptors (Lipinski definition) is 4. The Morgan fingerprint density at radius 3 is 1.53 bits per heavy atom. The van der Waals surface area contributed by atoms with Crippen LogP contribution in [-0.2, 0) is 18.9 Å². The zero-order chi connectivity index (χ0) is 11.7. The summed E-state index contributed by atoms with van der Waals surface area (Å²) < 4.78 is 20.5. The first-order valence-corrected chi connectivity index (χ1v) is 6.62. The number of methoxy groups -OCH3 is 2. The molecule has 0 aromatic heterocycles. The van der Waals surface area contributed by atoms with Crippen LogP contribution in [0.1, 0.15) is 20.8 Å². The van der Waals surface area contributed by atoms with Crippen molar-refractivity contribution in [3.8, 4) is 0 Å². The van der Waals surface area contributed by atoms with Gasteiger partial charge in [-0.1, -0.05) is 20.8 Å². The second-order valence-corrected chi connectivity index (χ2v) is 7.13. The van der Waals surface area contributed by atoms with Crippen LogP contribution in [-0.4, -0.2) is 45.7 Å². The van der Waals surface area contributed by atoms with Crippen molar-refractivity contribution in [1.82, 2.24) is 0 Å². The lowest BCUT2D eigenvalue weighted by atomic mass is 10.3. The highest BCUT2D eigenvalue weighted by Crippen LogP contribution is 2.49. The Bertz CT molecular complexity index is 137. The van der Waals surface area contributed by atoms with Crippen molar-refractivity contribution in [2.45, 2.75) is 25.9 Å². The van der Waals surface area contributed by atoms with E-state index < -0.39 is 0 Å². The molecule has 0 bridgehead atoms. The van der Waals surface area contributed by atoms with Crippen LogP contribution in [0.3, 0.4) is 0 Å². The zero-order valence-corrected chi connectivity index (χ0v) is 11.3. The summed E-state index contributed by atoms with van der Waals surface area (Å²) >= 11 is 0. The smallest absolute Gasteiger partial charge is 0.146 e. The van der Waals surface area contributed by atoms with Gasteiger partial charge in [0.1, 0.15) is 13.6 Å². The molecule has 0 aliphatic carbocycles. The van der Waals surface area contributed by atoms with Gasteiger partial charge in [0.15, 0.2) is 0 Å². The molecule has 0 N–H and O–H groups in total.